The van der Waals surface area contributed by atoms with E-state index in [1.807, 2.05) is 27.7 Å². The third-order valence-corrected chi connectivity index (χ3v) is 7.84. The third kappa shape index (κ3) is 5.98. The number of benzene rings is 2. The molecule has 2 atom stereocenters. The molecule has 8 nitrogen and oxygen atoms in total. The summed E-state index contributed by atoms with van der Waals surface area (Å²) >= 11 is 6.04. The number of piperidine rings is 1. The monoisotopic (exact) mass is 536 g/mol. The van der Waals surface area contributed by atoms with Crippen LogP contribution in [-0.2, 0) is 26.3 Å². The Morgan fingerprint density at radius 3 is 2.36 bits per heavy atom. The summed E-state index contributed by atoms with van der Waals surface area (Å²) < 4.78 is 31.9. The number of rotatable bonds is 8. The molecule has 0 spiro atoms. The lowest BCUT2D eigenvalue weighted by Gasteiger charge is -2.53. The topological polar surface area (TPSA) is 115 Å². The molecule has 1 aliphatic heterocycles. The molecule has 3 rings (SSSR count). The van der Waals surface area contributed by atoms with Crippen LogP contribution in [-0.4, -0.2) is 59.4 Å². The fourth-order valence-electron chi connectivity index (χ4n) is 4.83. The molecular formula is C26H33ClN2O6S. The molecule has 0 saturated carbocycles. The maximum absolute atomic E-state index is 13.8. The smallest absolute Gasteiger partial charge is 0.269 e. The largest absolute Gasteiger partial charge is 0.385 e. The first kappa shape index (κ1) is 28.3. The number of carbonyl (C=O) groups is 2. The molecule has 0 aromatic heterocycles. The van der Waals surface area contributed by atoms with Gasteiger partial charge in [0.1, 0.15) is 18.1 Å². The fourth-order valence-corrected chi connectivity index (χ4v) is 5.55. The molecule has 10 heteroatoms. The number of amides is 1. The van der Waals surface area contributed by atoms with E-state index in [1.54, 1.807) is 35.3 Å². The Morgan fingerprint density at radius 2 is 1.83 bits per heavy atom. The Labute approximate surface area is 217 Å². The second-order valence-electron chi connectivity index (χ2n) is 10.3. The first-order chi connectivity index (χ1) is 16.7. The number of hydrogen-bond donors (Lipinski definition) is 2. The SMILES string of the molecule is CC(C)[C@H](C=O)N(C(=O)c1cccc(CS(=O)(=O)O)c1)N1CC[C@](O)(c2ccc(Cl)cc2)C(C)(C)C1. The molecule has 2 aromatic carbocycles. The van der Waals surface area contributed by atoms with Crippen molar-refractivity contribution in [3.05, 3.63) is 70.2 Å². The molecule has 196 valence electrons. The lowest BCUT2D eigenvalue weighted by atomic mass is 9.67. The number of aldehydes is 1. The summed E-state index contributed by atoms with van der Waals surface area (Å²) in [6.07, 6.45) is 1.04. The van der Waals surface area contributed by atoms with Crippen molar-refractivity contribution in [1.29, 1.82) is 0 Å². The first-order valence-corrected chi connectivity index (χ1v) is 13.7. The maximum atomic E-state index is 13.8. The average Bonchev–Trinajstić information content (AvgIpc) is 2.78. The zero-order valence-corrected chi connectivity index (χ0v) is 22.5. The summed E-state index contributed by atoms with van der Waals surface area (Å²) in [7, 11) is -4.28. The molecule has 36 heavy (non-hydrogen) atoms. The van der Waals surface area contributed by atoms with E-state index < -0.39 is 38.8 Å². The van der Waals surface area contributed by atoms with Crippen LogP contribution in [0.15, 0.2) is 48.5 Å². The van der Waals surface area contributed by atoms with Crippen LogP contribution in [0.4, 0.5) is 0 Å². The minimum atomic E-state index is -4.28. The summed E-state index contributed by atoms with van der Waals surface area (Å²) in [5.74, 6) is -1.29. The van der Waals surface area contributed by atoms with Crippen LogP contribution in [0.5, 0.6) is 0 Å². The number of hydrogen-bond acceptors (Lipinski definition) is 6. The lowest BCUT2D eigenvalue weighted by Crippen LogP contribution is -2.63. The molecule has 2 aromatic rings. The van der Waals surface area contributed by atoms with Gasteiger partial charge in [-0.3, -0.25) is 14.4 Å². The highest BCUT2D eigenvalue weighted by Crippen LogP contribution is 2.46. The van der Waals surface area contributed by atoms with Crippen LogP contribution in [0, 0.1) is 11.3 Å². The van der Waals surface area contributed by atoms with Crippen molar-refractivity contribution in [2.75, 3.05) is 13.1 Å². The second kappa shape index (κ2) is 10.6. The van der Waals surface area contributed by atoms with Gasteiger partial charge in [0.05, 0.1) is 5.60 Å². The predicted molar refractivity (Wildman–Crippen MR) is 138 cm³/mol. The van der Waals surface area contributed by atoms with Gasteiger partial charge in [-0.15, -0.1) is 0 Å². The molecule has 2 N–H and O–H groups in total. The zero-order chi connectivity index (χ0) is 26.9. The summed E-state index contributed by atoms with van der Waals surface area (Å²) in [5.41, 5.74) is -0.726. The van der Waals surface area contributed by atoms with Crippen LogP contribution >= 0.6 is 11.6 Å². The Bertz CT molecular complexity index is 1220. The summed E-state index contributed by atoms with van der Waals surface area (Å²) in [4.78, 5) is 26.0. The zero-order valence-electron chi connectivity index (χ0n) is 20.9. The van der Waals surface area contributed by atoms with Crippen molar-refractivity contribution in [2.45, 2.75) is 51.5 Å². The van der Waals surface area contributed by atoms with Crippen molar-refractivity contribution < 1.29 is 27.7 Å². The molecule has 0 aliphatic carbocycles. The molecule has 1 amide bonds. The van der Waals surface area contributed by atoms with Gasteiger partial charge >= 0.3 is 0 Å². The quantitative estimate of drug-likeness (QED) is 0.388. The van der Waals surface area contributed by atoms with Crippen molar-refractivity contribution in [3.63, 3.8) is 0 Å². The second-order valence-corrected chi connectivity index (χ2v) is 12.2. The van der Waals surface area contributed by atoms with Gasteiger partial charge in [-0.05, 0) is 47.7 Å². The standard InChI is InChI=1S/C26H33ClN2O6S/c1-18(2)23(15-30)29(24(31)20-7-5-6-19(14-20)16-36(33,34)35)28-13-12-26(32,25(3,4)17-28)21-8-10-22(27)11-9-21/h5-11,14-15,18,23,32H,12-13,16-17H2,1-4H3,(H,33,34,35)/t23-,26-/m0/s1. The minimum absolute atomic E-state index is 0.194. The van der Waals surface area contributed by atoms with Crippen molar-refractivity contribution >= 4 is 33.9 Å². The highest BCUT2D eigenvalue weighted by atomic mass is 35.5. The molecule has 1 fully saturated rings. The van der Waals surface area contributed by atoms with Crippen LogP contribution in [0.1, 0.15) is 55.6 Å². The summed E-state index contributed by atoms with van der Waals surface area (Å²) in [5, 5.41) is 15.5. The molecule has 0 radical (unpaired) electrons. The van der Waals surface area contributed by atoms with Gasteiger partial charge in [0.2, 0.25) is 0 Å². The van der Waals surface area contributed by atoms with Gasteiger partial charge in [0.15, 0.2) is 0 Å². The van der Waals surface area contributed by atoms with Crippen LogP contribution < -0.4 is 0 Å². The number of hydrazine groups is 1. The average molecular weight is 537 g/mol. The molecule has 1 aliphatic rings. The lowest BCUT2D eigenvalue weighted by molar-refractivity contribution is -0.173. The van der Waals surface area contributed by atoms with E-state index in [1.165, 1.54) is 23.2 Å². The van der Waals surface area contributed by atoms with Crippen LogP contribution in [0.3, 0.4) is 0 Å². The summed E-state index contributed by atoms with van der Waals surface area (Å²) in [6.45, 7) is 8.08. The van der Waals surface area contributed by atoms with Gasteiger partial charge < -0.3 is 9.90 Å². The van der Waals surface area contributed by atoms with E-state index in [4.69, 9.17) is 11.6 Å². The highest BCUT2D eigenvalue weighted by Gasteiger charge is 2.51. The number of aliphatic hydroxyl groups is 1. The van der Waals surface area contributed by atoms with Crippen molar-refractivity contribution in [1.82, 2.24) is 10.0 Å². The van der Waals surface area contributed by atoms with Gasteiger partial charge in [-0.25, -0.2) is 5.01 Å². The molecule has 0 bridgehead atoms. The van der Waals surface area contributed by atoms with Crippen LogP contribution in [0.2, 0.25) is 5.02 Å². The Hall–Kier alpha value is -2.30. The van der Waals surface area contributed by atoms with E-state index in [-0.39, 0.29) is 23.6 Å². The van der Waals surface area contributed by atoms with Crippen molar-refractivity contribution in [2.24, 2.45) is 11.3 Å². The van der Waals surface area contributed by atoms with E-state index in [0.717, 1.165) is 11.8 Å². The number of nitrogens with zero attached hydrogens (tertiary/aromatic N) is 2. The van der Waals surface area contributed by atoms with Gasteiger partial charge in [-0.2, -0.15) is 8.42 Å². The van der Waals surface area contributed by atoms with Gasteiger partial charge in [0, 0.05) is 29.1 Å². The Morgan fingerprint density at radius 1 is 1.19 bits per heavy atom. The fraction of sp³-hybridized carbons (Fsp3) is 0.462. The molecule has 1 heterocycles. The van der Waals surface area contributed by atoms with Crippen LogP contribution in [0.25, 0.3) is 0 Å². The van der Waals surface area contributed by atoms with Gasteiger partial charge in [0.25, 0.3) is 16.0 Å². The first-order valence-electron chi connectivity index (χ1n) is 11.7. The van der Waals surface area contributed by atoms with E-state index in [2.05, 4.69) is 0 Å². The van der Waals surface area contributed by atoms with Crippen molar-refractivity contribution in [3.8, 4) is 0 Å². The van der Waals surface area contributed by atoms with E-state index >= 15 is 0 Å². The minimum Gasteiger partial charge on any atom is -0.385 e. The normalized spacial score (nSPS) is 21.2. The molecule has 1 saturated heterocycles. The third-order valence-electron chi connectivity index (χ3n) is 6.89. The Balaban J connectivity index is 1.98. The summed E-state index contributed by atoms with van der Waals surface area (Å²) in [6, 6.07) is 12.3. The predicted octanol–water partition coefficient (Wildman–Crippen LogP) is 3.93. The number of carbonyl (C=O) groups excluding carboxylic acids is 2. The highest BCUT2D eigenvalue weighted by molar-refractivity contribution is 7.85. The molecule has 0 unspecified atom stereocenters. The number of halogens is 1. The molecular weight excluding hydrogens is 504 g/mol. The maximum Gasteiger partial charge on any atom is 0.269 e. The van der Waals surface area contributed by atoms with E-state index in [9.17, 15) is 27.7 Å². The van der Waals surface area contributed by atoms with Gasteiger partial charge in [-0.1, -0.05) is 63.6 Å². The Kier molecular flexibility index (Phi) is 8.32. The van der Waals surface area contributed by atoms with E-state index in [0.29, 0.717) is 18.0 Å².